The molecule has 0 radical (unpaired) electrons. The summed E-state index contributed by atoms with van der Waals surface area (Å²) in [7, 11) is 0. The molecule has 3 N–H and O–H groups in total. The van der Waals surface area contributed by atoms with Crippen molar-refractivity contribution >= 4 is 35.5 Å². The second-order valence-corrected chi connectivity index (χ2v) is 5.12. The predicted molar refractivity (Wildman–Crippen MR) is 113 cm³/mol. The molecule has 0 aromatic heterocycles. The molecule has 0 aromatic carbocycles. The highest BCUT2D eigenvalue weighted by molar-refractivity contribution is 6.13. The van der Waals surface area contributed by atoms with E-state index in [-0.39, 0.29) is 30.6 Å². The fourth-order valence-electron chi connectivity index (χ4n) is 1.42. The van der Waals surface area contributed by atoms with Gasteiger partial charge in [0, 0.05) is 43.2 Å². The fourth-order valence-corrected chi connectivity index (χ4v) is 1.42. The van der Waals surface area contributed by atoms with Crippen molar-refractivity contribution in [1.82, 2.24) is 4.90 Å². The van der Waals surface area contributed by atoms with Gasteiger partial charge in [-0.25, -0.2) is 14.4 Å². The largest absolute Gasteiger partial charge is 0.478 e. The first-order valence-electron chi connectivity index (χ1n) is 8.54. The van der Waals surface area contributed by atoms with Crippen LogP contribution in [0.2, 0.25) is 0 Å². The molecule has 10 nitrogen and oxygen atoms in total. The summed E-state index contributed by atoms with van der Waals surface area (Å²) in [4.78, 5) is 62.8. The monoisotopic (exact) mass is 440 g/mol. The first-order valence-corrected chi connectivity index (χ1v) is 8.54. The van der Waals surface area contributed by atoms with Crippen LogP contribution in [0.1, 0.15) is 12.8 Å². The molecule has 0 saturated heterocycles. The molecule has 2 rings (SSSR count). The van der Waals surface area contributed by atoms with Gasteiger partial charge < -0.3 is 15.6 Å². The van der Waals surface area contributed by atoms with Crippen molar-refractivity contribution < 1.29 is 38.6 Å². The lowest BCUT2D eigenvalue weighted by atomic mass is 10.2. The molecule has 166 valence electrons. The number of nitrogens with two attached hydrogens (primary N) is 1. The van der Waals surface area contributed by atoms with Gasteiger partial charge >= 0.3 is 17.9 Å². The highest BCUT2D eigenvalue weighted by atomic mass is 16.6. The second-order valence-electron chi connectivity index (χ2n) is 5.12. The number of hydrogen-bond acceptors (Lipinski definition) is 8. The number of cyclic esters (lactones) is 2. The lowest BCUT2D eigenvalue weighted by molar-refractivity contribution is -0.150. The normalized spacial score (nSPS) is 12.8. The number of ketones is 1. The number of aliphatic carboxylic acids is 1. The Balaban J connectivity index is 0. The van der Waals surface area contributed by atoms with Crippen molar-refractivity contribution in [2.45, 2.75) is 12.8 Å². The Morgan fingerprint density at radius 2 is 1.44 bits per heavy atom. The van der Waals surface area contributed by atoms with E-state index in [0.717, 1.165) is 29.2 Å². The van der Waals surface area contributed by atoms with Crippen LogP contribution < -0.4 is 5.73 Å². The summed E-state index contributed by atoms with van der Waals surface area (Å²) >= 11 is 0. The molecule has 2 aliphatic heterocycles. The molecular weight excluding hydrogens is 420 g/mol. The molecule has 0 unspecified atom stereocenters. The fraction of sp³-hybridized carbons (Fsp3) is 0.182. The van der Waals surface area contributed by atoms with E-state index in [1.54, 1.807) is 0 Å². The van der Waals surface area contributed by atoms with Crippen LogP contribution in [-0.4, -0.2) is 58.6 Å². The summed E-state index contributed by atoms with van der Waals surface area (Å²) in [5.74, 6) is 3.50. The van der Waals surface area contributed by atoms with Crippen LogP contribution in [0.3, 0.4) is 0 Å². The lowest BCUT2D eigenvalue weighted by Gasteiger charge is -2.07. The smallest absolute Gasteiger partial charge is 0.338 e. The van der Waals surface area contributed by atoms with Gasteiger partial charge in [0.05, 0.1) is 13.1 Å². The molecule has 0 aliphatic carbocycles. The number of amides is 2. The summed E-state index contributed by atoms with van der Waals surface area (Å²) in [5, 5.41) is 8.11. The third-order valence-electron chi connectivity index (χ3n) is 2.75. The van der Waals surface area contributed by atoms with Gasteiger partial charge in [-0.1, -0.05) is 11.8 Å². The van der Waals surface area contributed by atoms with E-state index in [4.69, 9.17) is 23.7 Å². The maximum absolute atomic E-state index is 10.7. The summed E-state index contributed by atoms with van der Waals surface area (Å²) in [6.07, 6.45) is 21.4. The maximum Gasteiger partial charge on any atom is 0.338 e. The van der Waals surface area contributed by atoms with Crippen LogP contribution in [0, 0.1) is 37.0 Å². The minimum Gasteiger partial charge on any atom is -0.478 e. The first-order chi connectivity index (χ1) is 15.1. The number of allylic oxidation sites excluding steroid dienone is 1. The van der Waals surface area contributed by atoms with Crippen molar-refractivity contribution in [2.24, 2.45) is 5.73 Å². The standard InChI is InChI=1S/C8H8O3.C7H5NO2.C4H2O3.C3H5N/c1-2-3-4-7(9)5-6-8(10)11;1-2-5-8-6(9)3-4-7(8)10;5-3-1-2-4(6)7-3;1-2-3-4/h1,5-6H,3-4H2,(H,10,11);1,3-4H,5H2;1-2H;1H,3-4H2/b6-5-;;;. The van der Waals surface area contributed by atoms with Gasteiger partial charge in [0.1, 0.15) is 0 Å². The minimum absolute atomic E-state index is 0.0602. The Hall–Kier alpha value is -4.72. The zero-order valence-corrected chi connectivity index (χ0v) is 16.9. The summed E-state index contributed by atoms with van der Waals surface area (Å²) in [5.41, 5.74) is 4.79. The summed E-state index contributed by atoms with van der Waals surface area (Å²) < 4.78 is 3.97. The Labute approximate surface area is 184 Å². The number of hydrogen-bond donors (Lipinski definition) is 2. The van der Waals surface area contributed by atoms with Crippen LogP contribution in [-0.2, 0) is 33.5 Å². The molecule has 2 amide bonds. The number of rotatable bonds is 5. The Kier molecular flexibility index (Phi) is 16.9. The number of carbonyl (C=O) groups is 6. The molecule has 10 heteroatoms. The highest BCUT2D eigenvalue weighted by Gasteiger charge is 2.21. The number of imide groups is 1. The molecule has 0 atom stereocenters. The number of carbonyl (C=O) groups excluding carboxylic acids is 5. The van der Waals surface area contributed by atoms with Crippen LogP contribution in [0.4, 0.5) is 0 Å². The zero-order valence-electron chi connectivity index (χ0n) is 16.9. The molecular formula is C22H20N2O8. The second kappa shape index (κ2) is 18.3. The van der Waals surface area contributed by atoms with Gasteiger partial charge in [-0.15, -0.1) is 25.2 Å². The zero-order chi connectivity index (χ0) is 24.9. The van der Waals surface area contributed by atoms with Crippen molar-refractivity contribution in [2.75, 3.05) is 13.1 Å². The Morgan fingerprint density at radius 3 is 1.75 bits per heavy atom. The number of esters is 2. The number of ether oxygens (including phenoxy) is 1. The van der Waals surface area contributed by atoms with Gasteiger partial charge in [-0.3, -0.25) is 19.3 Å². The molecule has 2 heterocycles. The van der Waals surface area contributed by atoms with Crippen LogP contribution in [0.15, 0.2) is 36.5 Å². The molecule has 0 spiro atoms. The van der Waals surface area contributed by atoms with E-state index in [0.29, 0.717) is 13.0 Å². The third-order valence-corrected chi connectivity index (χ3v) is 2.75. The van der Waals surface area contributed by atoms with E-state index in [2.05, 4.69) is 28.9 Å². The highest BCUT2D eigenvalue weighted by Crippen LogP contribution is 2.01. The number of nitrogens with zero attached hydrogens (tertiary/aromatic N) is 1. The van der Waals surface area contributed by atoms with Gasteiger partial charge in [-0.2, -0.15) is 0 Å². The predicted octanol–water partition coefficient (Wildman–Crippen LogP) is -0.641. The first kappa shape index (κ1) is 29.5. The third kappa shape index (κ3) is 16.3. The van der Waals surface area contributed by atoms with Gasteiger partial charge in [-0.05, 0) is 6.08 Å². The SMILES string of the molecule is C#CCCC(=O)/C=C\C(=O)O.C#CCN.C#CCN1C(=O)C=CC1=O.O=C1C=CC(=O)O1. The number of carboxylic acid groups (broad SMARTS) is 1. The van der Waals surface area contributed by atoms with E-state index in [9.17, 15) is 28.8 Å². The van der Waals surface area contributed by atoms with Crippen LogP contribution >= 0.6 is 0 Å². The Bertz CT molecular complexity index is 902. The molecule has 0 saturated carbocycles. The van der Waals surface area contributed by atoms with Gasteiger partial charge in [0.15, 0.2) is 5.78 Å². The quantitative estimate of drug-likeness (QED) is 0.186. The maximum atomic E-state index is 10.7. The van der Waals surface area contributed by atoms with Crippen LogP contribution in [0.25, 0.3) is 0 Å². The molecule has 32 heavy (non-hydrogen) atoms. The number of terminal acetylenes is 3. The van der Waals surface area contributed by atoms with Gasteiger partial charge in [0.2, 0.25) is 0 Å². The topological polar surface area (TPSA) is 161 Å². The summed E-state index contributed by atoms with van der Waals surface area (Å²) in [6, 6.07) is 0. The molecule has 2 aliphatic rings. The molecule has 0 bridgehead atoms. The van der Waals surface area contributed by atoms with Crippen LogP contribution in [0.5, 0.6) is 0 Å². The van der Waals surface area contributed by atoms with E-state index in [1.165, 1.54) is 12.2 Å². The van der Waals surface area contributed by atoms with Crippen molar-refractivity contribution in [3.63, 3.8) is 0 Å². The van der Waals surface area contributed by atoms with Gasteiger partial charge in [0.25, 0.3) is 11.8 Å². The molecule has 0 fully saturated rings. The van der Waals surface area contributed by atoms with E-state index in [1.807, 2.05) is 0 Å². The van der Waals surface area contributed by atoms with Crippen molar-refractivity contribution in [1.29, 1.82) is 0 Å². The Morgan fingerprint density at radius 1 is 0.938 bits per heavy atom. The molecule has 0 aromatic rings. The number of carboxylic acids is 1. The van der Waals surface area contributed by atoms with E-state index < -0.39 is 17.9 Å². The summed E-state index contributed by atoms with van der Waals surface area (Å²) in [6.45, 7) is 0.407. The average molecular weight is 440 g/mol. The average Bonchev–Trinajstić information content (AvgIpc) is 3.30. The minimum atomic E-state index is -1.13. The van der Waals surface area contributed by atoms with E-state index >= 15 is 0 Å². The van der Waals surface area contributed by atoms with Crippen molar-refractivity contribution in [3.8, 4) is 37.0 Å². The lowest BCUT2D eigenvalue weighted by Crippen LogP contribution is -2.29. The van der Waals surface area contributed by atoms with Crippen molar-refractivity contribution in [3.05, 3.63) is 36.5 Å².